The van der Waals surface area contributed by atoms with Crippen molar-refractivity contribution in [3.05, 3.63) is 46.8 Å². The number of carbonyl (C=O) groups is 2. The minimum atomic E-state index is -3.82. The second-order valence-corrected chi connectivity index (χ2v) is 7.99. The Morgan fingerprint density at radius 2 is 1.71 bits per heavy atom. The molecule has 2 aromatic rings. The number of ether oxygens (including phenoxy) is 1. The molecule has 24 heavy (non-hydrogen) atoms. The normalized spacial score (nSPS) is 11.0. The van der Waals surface area contributed by atoms with Gasteiger partial charge in [-0.25, -0.2) is 13.2 Å². The molecule has 0 aliphatic carbocycles. The van der Waals surface area contributed by atoms with Gasteiger partial charge in [-0.05, 0) is 36.4 Å². The third kappa shape index (κ3) is 3.92. The average Bonchev–Trinajstić information content (AvgIpc) is 3.04. The highest BCUT2D eigenvalue weighted by Crippen LogP contribution is 2.24. The molecule has 0 spiro atoms. The van der Waals surface area contributed by atoms with E-state index in [0.717, 1.165) is 11.3 Å². The van der Waals surface area contributed by atoms with Crippen LogP contribution in [0.2, 0.25) is 0 Å². The van der Waals surface area contributed by atoms with E-state index in [-0.39, 0.29) is 15.0 Å². The molecule has 128 valence electrons. The quantitative estimate of drug-likeness (QED) is 0.815. The maximum absolute atomic E-state index is 12.3. The number of nitrogens with one attached hydrogen (secondary N) is 1. The van der Waals surface area contributed by atoms with Gasteiger partial charge in [0.15, 0.2) is 0 Å². The van der Waals surface area contributed by atoms with E-state index >= 15 is 0 Å². The lowest BCUT2D eigenvalue weighted by Gasteiger charge is -2.11. The zero-order valence-corrected chi connectivity index (χ0v) is 14.9. The van der Waals surface area contributed by atoms with Crippen LogP contribution in [0.15, 0.2) is 40.6 Å². The highest BCUT2D eigenvalue weighted by molar-refractivity contribution is 7.94. The van der Waals surface area contributed by atoms with Gasteiger partial charge in [0.2, 0.25) is 0 Å². The molecule has 1 amide bonds. The van der Waals surface area contributed by atoms with E-state index in [1.54, 1.807) is 14.1 Å². The number of anilines is 1. The monoisotopic (exact) mass is 368 g/mol. The third-order valence-corrected chi connectivity index (χ3v) is 5.96. The van der Waals surface area contributed by atoms with Gasteiger partial charge in [-0.1, -0.05) is 0 Å². The molecular formula is C15H16N2O5S2. The van der Waals surface area contributed by atoms with Gasteiger partial charge in [0.25, 0.3) is 15.9 Å². The van der Waals surface area contributed by atoms with Crippen LogP contribution >= 0.6 is 11.3 Å². The summed E-state index contributed by atoms with van der Waals surface area (Å²) in [6.45, 7) is 0. The Kier molecular flexibility index (Phi) is 5.25. The summed E-state index contributed by atoms with van der Waals surface area (Å²) in [4.78, 5) is 24.8. The highest BCUT2D eigenvalue weighted by Gasteiger charge is 2.20. The van der Waals surface area contributed by atoms with Gasteiger partial charge in [-0.15, -0.1) is 11.3 Å². The number of nitrogens with zero attached hydrogens (tertiary/aromatic N) is 1. The second kappa shape index (κ2) is 7.02. The number of thiophene rings is 1. The zero-order chi connectivity index (χ0) is 17.9. The average molecular weight is 368 g/mol. The molecule has 0 saturated carbocycles. The first-order chi connectivity index (χ1) is 11.2. The van der Waals surface area contributed by atoms with Crippen LogP contribution in [-0.4, -0.2) is 46.4 Å². The van der Waals surface area contributed by atoms with Crippen molar-refractivity contribution in [1.29, 1.82) is 0 Å². The number of benzene rings is 1. The summed E-state index contributed by atoms with van der Waals surface area (Å²) in [6.07, 6.45) is 0. The molecule has 1 aromatic heterocycles. The predicted molar refractivity (Wildman–Crippen MR) is 90.9 cm³/mol. The number of esters is 1. The SMILES string of the molecule is COC(=O)c1ccc(S(=O)(=O)Nc2ccc(C(=O)N(C)C)cc2)s1. The Hall–Kier alpha value is -2.39. The van der Waals surface area contributed by atoms with E-state index in [1.807, 2.05) is 0 Å². The lowest BCUT2D eigenvalue weighted by Crippen LogP contribution is -2.21. The van der Waals surface area contributed by atoms with Crippen LogP contribution in [-0.2, 0) is 14.8 Å². The number of sulfonamides is 1. The molecule has 0 bridgehead atoms. The molecule has 2 rings (SSSR count). The Morgan fingerprint density at radius 1 is 1.08 bits per heavy atom. The van der Waals surface area contributed by atoms with Crippen molar-refractivity contribution in [2.45, 2.75) is 4.21 Å². The van der Waals surface area contributed by atoms with E-state index in [0.29, 0.717) is 11.3 Å². The molecule has 0 radical (unpaired) electrons. The fourth-order valence-electron chi connectivity index (χ4n) is 1.82. The van der Waals surface area contributed by atoms with Crippen molar-refractivity contribution >= 4 is 38.9 Å². The van der Waals surface area contributed by atoms with E-state index in [9.17, 15) is 18.0 Å². The summed E-state index contributed by atoms with van der Waals surface area (Å²) in [5.41, 5.74) is 0.769. The standard InChI is InChI=1S/C15H16N2O5S2/c1-17(2)14(18)10-4-6-11(7-5-10)16-24(20,21)13-9-8-12(23-13)15(19)22-3/h4-9,16H,1-3H3. The molecule has 0 aliphatic rings. The van der Waals surface area contributed by atoms with Crippen molar-refractivity contribution in [2.75, 3.05) is 25.9 Å². The predicted octanol–water partition coefficient (Wildman–Crippen LogP) is 2.04. The van der Waals surface area contributed by atoms with Gasteiger partial charge in [-0.3, -0.25) is 9.52 Å². The Morgan fingerprint density at radius 3 is 2.25 bits per heavy atom. The van der Waals surface area contributed by atoms with Crippen LogP contribution in [0.5, 0.6) is 0 Å². The summed E-state index contributed by atoms with van der Waals surface area (Å²) in [7, 11) is 0.676. The molecule has 1 heterocycles. The highest BCUT2D eigenvalue weighted by atomic mass is 32.2. The first-order valence-corrected chi connectivity index (χ1v) is 9.07. The van der Waals surface area contributed by atoms with Crippen LogP contribution in [0.25, 0.3) is 0 Å². The number of methoxy groups -OCH3 is 1. The van der Waals surface area contributed by atoms with Gasteiger partial charge in [-0.2, -0.15) is 0 Å². The first kappa shape index (κ1) is 18.0. The third-order valence-electron chi connectivity index (χ3n) is 3.02. The topological polar surface area (TPSA) is 92.8 Å². The molecule has 1 N–H and O–H groups in total. The first-order valence-electron chi connectivity index (χ1n) is 6.77. The van der Waals surface area contributed by atoms with E-state index < -0.39 is 16.0 Å². The van der Waals surface area contributed by atoms with Crippen molar-refractivity contribution in [2.24, 2.45) is 0 Å². The van der Waals surface area contributed by atoms with Gasteiger partial charge in [0.05, 0.1) is 7.11 Å². The minimum Gasteiger partial charge on any atom is -0.465 e. The molecular weight excluding hydrogens is 352 g/mol. The molecule has 0 unspecified atom stereocenters. The summed E-state index contributed by atoms with van der Waals surface area (Å²) in [5, 5.41) is 0. The van der Waals surface area contributed by atoms with Gasteiger partial charge in [0, 0.05) is 25.3 Å². The van der Waals surface area contributed by atoms with Gasteiger partial charge >= 0.3 is 5.97 Å². The molecule has 0 atom stereocenters. The van der Waals surface area contributed by atoms with Gasteiger partial charge in [0.1, 0.15) is 9.09 Å². The van der Waals surface area contributed by atoms with Crippen molar-refractivity contribution in [1.82, 2.24) is 4.90 Å². The molecule has 9 heteroatoms. The largest absolute Gasteiger partial charge is 0.465 e. The maximum Gasteiger partial charge on any atom is 0.348 e. The van der Waals surface area contributed by atoms with Crippen molar-refractivity contribution < 1.29 is 22.7 Å². The lowest BCUT2D eigenvalue weighted by atomic mass is 10.2. The van der Waals surface area contributed by atoms with Crippen molar-refractivity contribution in [3.8, 4) is 0 Å². The number of hydrogen-bond acceptors (Lipinski definition) is 6. The number of rotatable bonds is 5. The molecule has 0 fully saturated rings. The van der Waals surface area contributed by atoms with Crippen molar-refractivity contribution in [3.63, 3.8) is 0 Å². The summed E-state index contributed by atoms with van der Waals surface area (Å²) in [6, 6.07) is 8.81. The smallest absolute Gasteiger partial charge is 0.348 e. The molecule has 0 aliphatic heterocycles. The van der Waals surface area contributed by atoms with E-state index in [1.165, 1.54) is 48.4 Å². The maximum atomic E-state index is 12.3. The summed E-state index contributed by atoms with van der Waals surface area (Å²) < 4.78 is 31.6. The fourth-order valence-corrected chi connectivity index (χ4v) is 4.10. The Balaban J connectivity index is 2.19. The molecule has 0 saturated heterocycles. The second-order valence-electron chi connectivity index (χ2n) is 4.99. The van der Waals surface area contributed by atoms with Crippen LogP contribution in [0.4, 0.5) is 5.69 Å². The Bertz CT molecular complexity index is 854. The van der Waals surface area contributed by atoms with Crippen LogP contribution in [0.1, 0.15) is 20.0 Å². The number of hydrogen-bond donors (Lipinski definition) is 1. The fraction of sp³-hybridized carbons (Fsp3) is 0.200. The Labute approximate surface area is 143 Å². The van der Waals surface area contributed by atoms with E-state index in [2.05, 4.69) is 9.46 Å². The molecule has 7 nitrogen and oxygen atoms in total. The number of amides is 1. The van der Waals surface area contributed by atoms with Gasteiger partial charge < -0.3 is 9.64 Å². The zero-order valence-electron chi connectivity index (χ0n) is 13.3. The van der Waals surface area contributed by atoms with E-state index in [4.69, 9.17) is 0 Å². The van der Waals surface area contributed by atoms with Crippen LogP contribution < -0.4 is 4.72 Å². The summed E-state index contributed by atoms with van der Waals surface area (Å²) in [5.74, 6) is -0.765. The number of carbonyl (C=O) groups excluding carboxylic acids is 2. The van der Waals surface area contributed by atoms with Crippen LogP contribution in [0, 0.1) is 0 Å². The minimum absolute atomic E-state index is 0.00338. The van der Waals surface area contributed by atoms with Crippen LogP contribution in [0.3, 0.4) is 0 Å². The lowest BCUT2D eigenvalue weighted by molar-refractivity contribution is 0.0606. The molecule has 1 aromatic carbocycles. The summed E-state index contributed by atoms with van der Waals surface area (Å²) >= 11 is 0.818.